The van der Waals surface area contributed by atoms with E-state index in [4.69, 9.17) is 0 Å². The van der Waals surface area contributed by atoms with Gasteiger partial charge in [-0.05, 0) is 36.6 Å². The molecule has 0 aliphatic heterocycles. The lowest BCUT2D eigenvalue weighted by Crippen LogP contribution is -2.49. The molecular weight excluding hydrogens is 272 g/mol. The average Bonchev–Trinajstić information content (AvgIpc) is 2.92. The van der Waals surface area contributed by atoms with Crippen molar-refractivity contribution in [1.29, 1.82) is 0 Å². The highest BCUT2D eigenvalue weighted by atomic mass is 32.1. The van der Waals surface area contributed by atoms with Gasteiger partial charge in [0.1, 0.15) is 0 Å². The van der Waals surface area contributed by atoms with E-state index in [2.05, 4.69) is 35.1 Å². The van der Waals surface area contributed by atoms with Crippen molar-refractivity contribution >= 4 is 17.4 Å². The number of aliphatic hydroxyl groups excluding tert-OH is 1. The number of carbonyl (C=O) groups is 1. The highest BCUT2D eigenvalue weighted by Gasteiger charge is 2.24. The van der Waals surface area contributed by atoms with E-state index in [1.165, 1.54) is 4.88 Å². The van der Waals surface area contributed by atoms with Gasteiger partial charge in [0.25, 0.3) is 0 Å². The zero-order valence-electron chi connectivity index (χ0n) is 12.0. The molecule has 112 valence electrons. The molecule has 3 N–H and O–H groups in total. The quantitative estimate of drug-likeness (QED) is 0.782. The molecular formula is C15H24N2O2S. The summed E-state index contributed by atoms with van der Waals surface area (Å²) in [5.74, 6) is 0.413. The van der Waals surface area contributed by atoms with Gasteiger partial charge >= 0.3 is 6.03 Å². The lowest BCUT2D eigenvalue weighted by atomic mass is 9.93. The second kappa shape index (κ2) is 7.64. The summed E-state index contributed by atoms with van der Waals surface area (Å²) in [5, 5.41) is 17.7. The second-order valence-electron chi connectivity index (χ2n) is 5.70. The van der Waals surface area contributed by atoms with Gasteiger partial charge < -0.3 is 15.7 Å². The van der Waals surface area contributed by atoms with E-state index in [0.29, 0.717) is 12.5 Å². The van der Waals surface area contributed by atoms with Gasteiger partial charge in [0, 0.05) is 11.4 Å². The molecule has 3 atom stereocenters. The van der Waals surface area contributed by atoms with Crippen molar-refractivity contribution in [3.8, 4) is 0 Å². The standard InChI is InChI=1S/C15H24N2O2S/c1-11(9-12-5-4-8-20-12)10-16-15(19)17-13-6-2-3-7-14(13)18/h4-5,8,11,13-14,18H,2-3,6-7,9-10H2,1H3,(H2,16,17,19)/t11-,13+,14+/m0/s1. The number of carbonyl (C=O) groups excluding carboxylic acids is 1. The first kappa shape index (κ1) is 15.3. The third kappa shape index (κ3) is 4.80. The monoisotopic (exact) mass is 296 g/mol. The number of thiophene rings is 1. The number of amides is 2. The SMILES string of the molecule is C[C@H](CNC(=O)N[C@@H]1CCCC[C@H]1O)Cc1cccs1. The molecule has 1 fully saturated rings. The summed E-state index contributed by atoms with van der Waals surface area (Å²) < 4.78 is 0. The summed E-state index contributed by atoms with van der Waals surface area (Å²) in [7, 11) is 0. The smallest absolute Gasteiger partial charge is 0.315 e. The van der Waals surface area contributed by atoms with E-state index < -0.39 is 6.10 Å². The van der Waals surface area contributed by atoms with Crippen LogP contribution in [0.4, 0.5) is 4.79 Å². The Labute approximate surface area is 124 Å². The number of urea groups is 1. The van der Waals surface area contributed by atoms with E-state index in [1.54, 1.807) is 11.3 Å². The van der Waals surface area contributed by atoms with E-state index >= 15 is 0 Å². The van der Waals surface area contributed by atoms with Crippen molar-refractivity contribution in [2.24, 2.45) is 5.92 Å². The van der Waals surface area contributed by atoms with E-state index in [0.717, 1.165) is 32.1 Å². The molecule has 1 heterocycles. The summed E-state index contributed by atoms with van der Waals surface area (Å²) in [6.07, 6.45) is 4.40. The number of nitrogens with one attached hydrogen (secondary N) is 2. The Hall–Kier alpha value is -1.07. The van der Waals surface area contributed by atoms with Crippen LogP contribution in [0.1, 0.15) is 37.5 Å². The highest BCUT2D eigenvalue weighted by molar-refractivity contribution is 7.09. The minimum atomic E-state index is -0.391. The number of hydrogen-bond acceptors (Lipinski definition) is 3. The van der Waals surface area contributed by atoms with E-state index in [1.807, 2.05) is 0 Å². The number of aliphatic hydroxyl groups is 1. The van der Waals surface area contributed by atoms with Gasteiger partial charge in [-0.15, -0.1) is 11.3 Å². The van der Waals surface area contributed by atoms with Crippen LogP contribution in [0.3, 0.4) is 0 Å². The zero-order valence-corrected chi connectivity index (χ0v) is 12.8. The summed E-state index contributed by atoms with van der Waals surface area (Å²) in [5.41, 5.74) is 0. The fourth-order valence-electron chi connectivity index (χ4n) is 2.61. The fourth-order valence-corrected chi connectivity index (χ4v) is 3.48. The van der Waals surface area contributed by atoms with Gasteiger partial charge in [-0.1, -0.05) is 25.8 Å². The van der Waals surface area contributed by atoms with Gasteiger partial charge in [-0.25, -0.2) is 4.79 Å². The number of rotatable bonds is 5. The van der Waals surface area contributed by atoms with Crippen LogP contribution in [-0.4, -0.2) is 29.8 Å². The van der Waals surface area contributed by atoms with Crippen molar-refractivity contribution in [3.05, 3.63) is 22.4 Å². The molecule has 1 aliphatic carbocycles. The van der Waals surface area contributed by atoms with E-state index in [-0.39, 0.29) is 12.1 Å². The minimum absolute atomic E-state index is 0.0867. The topological polar surface area (TPSA) is 61.4 Å². The normalized spacial score (nSPS) is 24.1. The summed E-state index contributed by atoms with van der Waals surface area (Å²) in [6.45, 7) is 2.79. The van der Waals surface area contributed by atoms with Crippen LogP contribution in [0.5, 0.6) is 0 Å². The van der Waals surface area contributed by atoms with Gasteiger partial charge in [0.05, 0.1) is 12.1 Å². The van der Waals surface area contributed by atoms with Crippen LogP contribution in [0.25, 0.3) is 0 Å². The van der Waals surface area contributed by atoms with E-state index in [9.17, 15) is 9.90 Å². The molecule has 0 saturated heterocycles. The van der Waals surface area contributed by atoms with Crippen LogP contribution >= 0.6 is 11.3 Å². The Morgan fingerprint density at radius 1 is 1.50 bits per heavy atom. The Morgan fingerprint density at radius 3 is 3.00 bits per heavy atom. The fraction of sp³-hybridized carbons (Fsp3) is 0.667. The second-order valence-corrected chi connectivity index (χ2v) is 6.73. The molecule has 0 aromatic carbocycles. The summed E-state index contributed by atoms with van der Waals surface area (Å²) in [6, 6.07) is 3.93. The lowest BCUT2D eigenvalue weighted by Gasteiger charge is -2.28. The maximum atomic E-state index is 11.8. The van der Waals surface area contributed by atoms with Crippen LogP contribution in [0.15, 0.2) is 17.5 Å². The molecule has 0 spiro atoms. The largest absolute Gasteiger partial charge is 0.391 e. The molecule has 0 unspecified atom stereocenters. The van der Waals surface area contributed by atoms with Crippen molar-refractivity contribution in [2.45, 2.75) is 51.2 Å². The van der Waals surface area contributed by atoms with Crippen molar-refractivity contribution in [3.63, 3.8) is 0 Å². The first-order valence-electron chi connectivity index (χ1n) is 7.40. The number of hydrogen-bond donors (Lipinski definition) is 3. The molecule has 20 heavy (non-hydrogen) atoms. The van der Waals surface area contributed by atoms with Crippen LogP contribution in [0.2, 0.25) is 0 Å². The molecule has 5 heteroatoms. The molecule has 0 radical (unpaired) electrons. The van der Waals surface area contributed by atoms with Crippen molar-refractivity contribution in [1.82, 2.24) is 10.6 Å². The third-order valence-corrected chi connectivity index (χ3v) is 4.69. The maximum Gasteiger partial charge on any atom is 0.315 e. The maximum absolute atomic E-state index is 11.8. The molecule has 2 rings (SSSR count). The Kier molecular flexibility index (Phi) is 5.86. The predicted molar refractivity (Wildman–Crippen MR) is 82.0 cm³/mol. The first-order valence-corrected chi connectivity index (χ1v) is 8.28. The van der Waals surface area contributed by atoms with Gasteiger partial charge in [-0.3, -0.25) is 0 Å². The molecule has 1 aromatic rings. The van der Waals surface area contributed by atoms with Gasteiger partial charge in [-0.2, -0.15) is 0 Å². The summed E-state index contributed by atoms with van der Waals surface area (Å²) >= 11 is 1.75. The van der Waals surface area contributed by atoms with Crippen LogP contribution < -0.4 is 10.6 Å². The first-order chi connectivity index (χ1) is 9.65. The van der Waals surface area contributed by atoms with Gasteiger partial charge in [0.2, 0.25) is 0 Å². The molecule has 1 aliphatic rings. The Bertz CT molecular complexity index is 408. The van der Waals surface area contributed by atoms with Crippen molar-refractivity contribution in [2.75, 3.05) is 6.54 Å². The Balaban J connectivity index is 1.66. The highest BCUT2D eigenvalue weighted by Crippen LogP contribution is 2.18. The average molecular weight is 296 g/mol. The van der Waals surface area contributed by atoms with Crippen LogP contribution in [0, 0.1) is 5.92 Å². The van der Waals surface area contributed by atoms with Gasteiger partial charge in [0.15, 0.2) is 0 Å². The molecule has 1 saturated carbocycles. The zero-order chi connectivity index (χ0) is 14.4. The van der Waals surface area contributed by atoms with Crippen LogP contribution in [-0.2, 0) is 6.42 Å². The molecule has 1 aromatic heterocycles. The molecule has 2 amide bonds. The lowest BCUT2D eigenvalue weighted by molar-refractivity contribution is 0.0942. The Morgan fingerprint density at radius 2 is 2.30 bits per heavy atom. The molecule has 0 bridgehead atoms. The summed E-state index contributed by atoms with van der Waals surface area (Å²) in [4.78, 5) is 13.2. The minimum Gasteiger partial charge on any atom is -0.391 e. The molecule has 4 nitrogen and oxygen atoms in total. The predicted octanol–water partition coefficient (Wildman–Crippen LogP) is 2.53. The third-order valence-electron chi connectivity index (χ3n) is 3.79. The van der Waals surface area contributed by atoms with Crippen molar-refractivity contribution < 1.29 is 9.90 Å².